The second-order valence-electron chi connectivity index (χ2n) is 6.07. The van der Waals surface area contributed by atoms with E-state index in [0.29, 0.717) is 25.3 Å². The molecule has 2 aromatic rings. The third kappa shape index (κ3) is 7.90. The molecule has 0 radical (unpaired) electrons. The summed E-state index contributed by atoms with van der Waals surface area (Å²) in [5, 5.41) is 0. The van der Waals surface area contributed by atoms with E-state index in [1.165, 1.54) is 12.1 Å². The van der Waals surface area contributed by atoms with Gasteiger partial charge in [-0.3, -0.25) is 9.88 Å². The zero-order chi connectivity index (χ0) is 17.4. The molecule has 0 aliphatic rings. The number of hydrogen-bond donors (Lipinski definition) is 0. The first-order valence-corrected chi connectivity index (χ1v) is 8.21. The largest absolute Gasteiger partial charge is 0.379 e. The van der Waals surface area contributed by atoms with Crippen LogP contribution in [0.2, 0.25) is 0 Å². The fraction of sp³-hybridized carbons (Fsp3) is 0.421. The molecular formula is C19H25ClF2N2O. The van der Waals surface area contributed by atoms with Crippen molar-refractivity contribution in [3.8, 4) is 0 Å². The lowest BCUT2D eigenvalue weighted by Gasteiger charge is -2.23. The Labute approximate surface area is 154 Å². The van der Waals surface area contributed by atoms with E-state index < -0.39 is 5.82 Å². The van der Waals surface area contributed by atoms with Crippen LogP contribution in [0.25, 0.3) is 0 Å². The Balaban J connectivity index is 0.00000312. The van der Waals surface area contributed by atoms with Gasteiger partial charge in [0, 0.05) is 44.2 Å². The van der Waals surface area contributed by atoms with Crippen LogP contribution in [-0.4, -0.2) is 29.1 Å². The summed E-state index contributed by atoms with van der Waals surface area (Å²) in [6, 6.07) is 7.44. The molecule has 0 unspecified atom stereocenters. The highest BCUT2D eigenvalue weighted by Gasteiger charge is 2.11. The van der Waals surface area contributed by atoms with E-state index in [2.05, 4.69) is 9.88 Å². The van der Waals surface area contributed by atoms with Crippen LogP contribution in [0.5, 0.6) is 0 Å². The molecular weight excluding hydrogens is 346 g/mol. The van der Waals surface area contributed by atoms with Crippen molar-refractivity contribution in [2.24, 2.45) is 0 Å². The van der Waals surface area contributed by atoms with Gasteiger partial charge < -0.3 is 4.74 Å². The number of rotatable bonds is 9. The average molecular weight is 371 g/mol. The Bertz CT molecular complexity index is 626. The highest BCUT2D eigenvalue weighted by atomic mass is 35.5. The molecule has 0 saturated carbocycles. The first-order chi connectivity index (χ1) is 11.5. The van der Waals surface area contributed by atoms with Crippen LogP contribution < -0.4 is 0 Å². The van der Waals surface area contributed by atoms with Gasteiger partial charge in [0.15, 0.2) is 0 Å². The summed E-state index contributed by atoms with van der Waals surface area (Å²) in [7, 11) is 0. The third-order valence-electron chi connectivity index (χ3n) is 3.63. The molecule has 138 valence electrons. The maximum absolute atomic E-state index is 13.9. The molecule has 0 aliphatic carbocycles. The van der Waals surface area contributed by atoms with E-state index in [9.17, 15) is 8.78 Å². The van der Waals surface area contributed by atoms with Crippen molar-refractivity contribution in [2.45, 2.75) is 39.5 Å². The van der Waals surface area contributed by atoms with Crippen molar-refractivity contribution in [1.82, 2.24) is 9.88 Å². The average Bonchev–Trinajstić information content (AvgIpc) is 2.55. The number of hydrogen-bond acceptors (Lipinski definition) is 3. The zero-order valence-corrected chi connectivity index (χ0v) is 15.4. The summed E-state index contributed by atoms with van der Waals surface area (Å²) in [6.07, 6.45) is 4.50. The Hall–Kier alpha value is -1.56. The van der Waals surface area contributed by atoms with Gasteiger partial charge in [0.2, 0.25) is 0 Å². The van der Waals surface area contributed by atoms with Crippen molar-refractivity contribution in [3.05, 3.63) is 65.5 Å². The number of ether oxygens (including phenoxy) is 1. The lowest BCUT2D eigenvalue weighted by atomic mass is 10.1. The smallest absolute Gasteiger partial charge is 0.127 e. The van der Waals surface area contributed by atoms with Gasteiger partial charge in [-0.05, 0) is 56.2 Å². The summed E-state index contributed by atoms with van der Waals surface area (Å²) in [5.74, 6) is -0.798. The van der Waals surface area contributed by atoms with Gasteiger partial charge in [-0.1, -0.05) is 0 Å². The van der Waals surface area contributed by atoms with Crippen molar-refractivity contribution in [1.29, 1.82) is 0 Å². The Morgan fingerprint density at radius 3 is 2.48 bits per heavy atom. The minimum atomic E-state index is -0.418. The minimum Gasteiger partial charge on any atom is -0.379 e. The SMILES string of the molecule is CC(C)OCCCN(Cc1ccncc1)Cc1cc(F)ccc1F.Cl. The summed E-state index contributed by atoms with van der Waals surface area (Å²) in [4.78, 5) is 6.10. The summed E-state index contributed by atoms with van der Waals surface area (Å²) >= 11 is 0. The summed E-state index contributed by atoms with van der Waals surface area (Å²) in [5.41, 5.74) is 1.46. The van der Waals surface area contributed by atoms with Gasteiger partial charge in [0.05, 0.1) is 6.10 Å². The summed E-state index contributed by atoms with van der Waals surface area (Å²) in [6.45, 7) is 6.39. The normalized spacial score (nSPS) is 11.0. The predicted octanol–water partition coefficient (Wildman–Crippen LogP) is 4.60. The van der Waals surface area contributed by atoms with Crippen molar-refractivity contribution < 1.29 is 13.5 Å². The highest BCUT2D eigenvalue weighted by molar-refractivity contribution is 5.85. The van der Waals surface area contributed by atoms with Crippen LogP contribution in [0.3, 0.4) is 0 Å². The number of nitrogens with zero attached hydrogens (tertiary/aromatic N) is 2. The third-order valence-corrected chi connectivity index (χ3v) is 3.63. The van der Waals surface area contributed by atoms with Crippen LogP contribution in [0.15, 0.2) is 42.7 Å². The van der Waals surface area contributed by atoms with Gasteiger partial charge in [0.1, 0.15) is 11.6 Å². The molecule has 6 heteroatoms. The van der Waals surface area contributed by atoms with Gasteiger partial charge in [-0.2, -0.15) is 0 Å². The molecule has 3 nitrogen and oxygen atoms in total. The maximum atomic E-state index is 13.9. The monoisotopic (exact) mass is 370 g/mol. The van der Waals surface area contributed by atoms with Crippen LogP contribution in [0.1, 0.15) is 31.4 Å². The Morgan fingerprint density at radius 2 is 1.80 bits per heavy atom. The molecule has 25 heavy (non-hydrogen) atoms. The van der Waals surface area contributed by atoms with E-state index in [4.69, 9.17) is 4.74 Å². The molecule has 0 amide bonds. The van der Waals surface area contributed by atoms with Gasteiger partial charge in [0.25, 0.3) is 0 Å². The van der Waals surface area contributed by atoms with Crippen LogP contribution in [-0.2, 0) is 17.8 Å². The standard InChI is InChI=1S/C19H24F2N2O.ClH/c1-15(2)24-11-3-10-23(13-16-6-8-22-9-7-16)14-17-12-18(20)4-5-19(17)21;/h4-9,12,15H,3,10-11,13-14H2,1-2H3;1H. The first kappa shape index (κ1) is 21.5. The molecule has 1 heterocycles. The van der Waals surface area contributed by atoms with E-state index in [-0.39, 0.29) is 24.3 Å². The maximum Gasteiger partial charge on any atom is 0.127 e. The predicted molar refractivity (Wildman–Crippen MR) is 97.7 cm³/mol. The lowest BCUT2D eigenvalue weighted by molar-refractivity contribution is 0.0692. The zero-order valence-electron chi connectivity index (χ0n) is 14.6. The first-order valence-electron chi connectivity index (χ1n) is 8.21. The minimum absolute atomic E-state index is 0. The van der Waals surface area contributed by atoms with Gasteiger partial charge >= 0.3 is 0 Å². The second-order valence-corrected chi connectivity index (χ2v) is 6.07. The Kier molecular flexibility index (Phi) is 9.57. The number of benzene rings is 1. The fourth-order valence-electron chi connectivity index (χ4n) is 2.47. The molecule has 1 aromatic carbocycles. The van der Waals surface area contributed by atoms with Crippen molar-refractivity contribution in [2.75, 3.05) is 13.2 Å². The quantitative estimate of drug-likeness (QED) is 0.603. The molecule has 0 atom stereocenters. The van der Waals surface area contributed by atoms with Gasteiger partial charge in [-0.25, -0.2) is 8.78 Å². The number of halogens is 3. The van der Waals surface area contributed by atoms with E-state index in [0.717, 1.165) is 24.6 Å². The lowest BCUT2D eigenvalue weighted by Crippen LogP contribution is -2.26. The molecule has 1 aromatic heterocycles. The Morgan fingerprint density at radius 1 is 1.08 bits per heavy atom. The fourth-order valence-corrected chi connectivity index (χ4v) is 2.47. The topological polar surface area (TPSA) is 25.4 Å². The van der Waals surface area contributed by atoms with E-state index >= 15 is 0 Å². The second kappa shape index (κ2) is 11.1. The number of pyridine rings is 1. The van der Waals surface area contributed by atoms with Crippen LogP contribution in [0.4, 0.5) is 8.78 Å². The molecule has 0 bridgehead atoms. The van der Waals surface area contributed by atoms with E-state index in [1.54, 1.807) is 12.4 Å². The van der Waals surface area contributed by atoms with Crippen LogP contribution >= 0.6 is 12.4 Å². The molecule has 0 aliphatic heterocycles. The molecule has 2 rings (SSSR count). The highest BCUT2D eigenvalue weighted by Crippen LogP contribution is 2.15. The number of aromatic nitrogens is 1. The van der Waals surface area contributed by atoms with Crippen molar-refractivity contribution >= 4 is 12.4 Å². The van der Waals surface area contributed by atoms with Gasteiger partial charge in [-0.15, -0.1) is 12.4 Å². The van der Waals surface area contributed by atoms with E-state index in [1.807, 2.05) is 26.0 Å². The van der Waals surface area contributed by atoms with Crippen LogP contribution in [0, 0.1) is 11.6 Å². The molecule has 0 spiro atoms. The van der Waals surface area contributed by atoms with Crippen molar-refractivity contribution in [3.63, 3.8) is 0 Å². The molecule has 0 fully saturated rings. The summed E-state index contributed by atoms with van der Waals surface area (Å²) < 4.78 is 32.9. The molecule has 0 N–H and O–H groups in total. The molecule has 0 saturated heterocycles.